The normalized spacial score (nSPS) is 46.5. The number of hydrogen-bond acceptors (Lipinski definition) is 6. The third-order valence-corrected chi connectivity index (χ3v) is 10.4. The van der Waals surface area contributed by atoms with Crippen LogP contribution in [-0.2, 0) is 9.53 Å². The van der Waals surface area contributed by atoms with Crippen molar-refractivity contribution in [3.05, 3.63) is 0 Å². The molecule has 0 aromatic rings. The molecule has 6 nitrogen and oxygen atoms in total. The number of hydrazone groups is 1. The van der Waals surface area contributed by atoms with Gasteiger partial charge in [-0.05, 0) is 99.2 Å². The number of aliphatic imine (C=N–C) groups is 1. The Hall–Kier alpha value is -1.27. The molecule has 0 spiro atoms. The number of nitrogens with zero attached hydrogens (tertiary/aromatic N) is 2. The molecule has 4 saturated carbocycles. The van der Waals surface area contributed by atoms with Crippen molar-refractivity contribution in [2.45, 2.75) is 84.2 Å². The third kappa shape index (κ3) is 3.96. The molecule has 4 fully saturated rings. The van der Waals surface area contributed by atoms with E-state index in [4.69, 9.17) is 10.6 Å². The van der Waals surface area contributed by atoms with Crippen LogP contribution in [0.5, 0.6) is 0 Å². The van der Waals surface area contributed by atoms with E-state index in [1.54, 1.807) is 7.11 Å². The topological polar surface area (TPSA) is 97.3 Å². The van der Waals surface area contributed by atoms with Gasteiger partial charge in [-0.15, -0.1) is 0 Å². The summed E-state index contributed by atoms with van der Waals surface area (Å²) in [4.78, 5) is 17.6. The highest BCUT2D eigenvalue weighted by Crippen LogP contribution is 2.68. The molecular weight excluding hydrogens is 402 g/mol. The fraction of sp³-hybridized carbons (Fsp3) is 0.885. The van der Waals surface area contributed by atoms with Gasteiger partial charge in [-0.3, -0.25) is 9.79 Å². The second-order valence-electron chi connectivity index (χ2n) is 11.9. The Balaban J connectivity index is 1.48. The highest BCUT2D eigenvalue weighted by atomic mass is 16.5. The number of carbonyl (C=O) groups excluding carboxylic acids is 1. The molecule has 0 unspecified atom stereocenters. The van der Waals surface area contributed by atoms with Gasteiger partial charge < -0.3 is 15.7 Å². The Labute approximate surface area is 193 Å². The molecule has 0 aromatic heterocycles. The summed E-state index contributed by atoms with van der Waals surface area (Å²) in [5, 5.41) is 14.5. The van der Waals surface area contributed by atoms with Crippen molar-refractivity contribution < 1.29 is 14.6 Å². The number of rotatable bonds is 6. The molecule has 4 aliphatic carbocycles. The SMILES string of the molecule is COC[C@@]1(O)CC[C@@]2(C)[C@@H](CC[C@@H]3[C@@H]2CC[C@]2(C)[C@@H](C(=O)CN=C(C)C=NN)CC[C@@H]32)C1. The van der Waals surface area contributed by atoms with Gasteiger partial charge in [0.2, 0.25) is 0 Å². The number of methoxy groups -OCH3 is 1. The molecule has 0 amide bonds. The molecule has 4 rings (SSSR count). The predicted molar refractivity (Wildman–Crippen MR) is 128 cm³/mol. The van der Waals surface area contributed by atoms with Gasteiger partial charge in [-0.25, -0.2) is 0 Å². The molecule has 0 heterocycles. The van der Waals surface area contributed by atoms with E-state index in [2.05, 4.69) is 23.9 Å². The van der Waals surface area contributed by atoms with Crippen LogP contribution in [0.15, 0.2) is 10.1 Å². The first-order valence-corrected chi connectivity index (χ1v) is 12.7. The number of hydrogen-bond donors (Lipinski definition) is 2. The van der Waals surface area contributed by atoms with Crippen LogP contribution in [0.3, 0.4) is 0 Å². The van der Waals surface area contributed by atoms with Crippen molar-refractivity contribution in [1.82, 2.24) is 0 Å². The maximum absolute atomic E-state index is 13.2. The quantitative estimate of drug-likeness (QED) is 0.367. The number of Topliss-reactive ketones (excluding diaryl/α,β-unsaturated/α-hetero) is 1. The van der Waals surface area contributed by atoms with Gasteiger partial charge in [-0.1, -0.05) is 13.8 Å². The maximum Gasteiger partial charge on any atom is 0.157 e. The Morgan fingerprint density at radius 3 is 2.56 bits per heavy atom. The second-order valence-corrected chi connectivity index (χ2v) is 11.9. The average Bonchev–Trinajstić information content (AvgIpc) is 3.10. The summed E-state index contributed by atoms with van der Waals surface area (Å²) in [5.74, 6) is 8.29. The van der Waals surface area contributed by atoms with Crippen molar-refractivity contribution in [2.24, 2.45) is 56.4 Å². The van der Waals surface area contributed by atoms with Crippen molar-refractivity contribution in [2.75, 3.05) is 20.3 Å². The minimum Gasteiger partial charge on any atom is -0.387 e. The van der Waals surface area contributed by atoms with Crippen molar-refractivity contribution in [1.29, 1.82) is 0 Å². The second kappa shape index (κ2) is 8.83. The molecule has 0 aliphatic heterocycles. The van der Waals surface area contributed by atoms with E-state index < -0.39 is 5.60 Å². The van der Waals surface area contributed by atoms with Gasteiger partial charge in [0.1, 0.15) is 0 Å². The molecule has 0 saturated heterocycles. The van der Waals surface area contributed by atoms with E-state index in [1.807, 2.05) is 6.92 Å². The summed E-state index contributed by atoms with van der Waals surface area (Å²) in [6.45, 7) is 7.45. The Kier molecular flexibility index (Phi) is 6.58. The maximum atomic E-state index is 13.2. The van der Waals surface area contributed by atoms with Gasteiger partial charge in [0, 0.05) is 13.0 Å². The minimum absolute atomic E-state index is 0.109. The molecular formula is C26H43N3O3. The first kappa shape index (κ1) is 23.9. The fourth-order valence-corrected chi connectivity index (χ4v) is 8.71. The van der Waals surface area contributed by atoms with Gasteiger partial charge in [0.15, 0.2) is 5.78 Å². The van der Waals surface area contributed by atoms with E-state index in [1.165, 1.54) is 31.9 Å². The van der Waals surface area contributed by atoms with Crippen molar-refractivity contribution >= 4 is 17.7 Å². The van der Waals surface area contributed by atoms with E-state index in [-0.39, 0.29) is 17.9 Å². The average molecular weight is 446 g/mol. The Bertz CT molecular complexity index is 782. The summed E-state index contributed by atoms with van der Waals surface area (Å²) >= 11 is 0. The third-order valence-electron chi connectivity index (χ3n) is 10.4. The monoisotopic (exact) mass is 445 g/mol. The fourth-order valence-electron chi connectivity index (χ4n) is 8.71. The molecule has 0 aromatic carbocycles. The van der Waals surface area contributed by atoms with E-state index in [0.717, 1.165) is 43.9 Å². The Morgan fingerprint density at radius 2 is 1.84 bits per heavy atom. The van der Waals surface area contributed by atoms with Crippen molar-refractivity contribution in [3.63, 3.8) is 0 Å². The zero-order chi connectivity index (χ0) is 23.1. The van der Waals surface area contributed by atoms with Gasteiger partial charge >= 0.3 is 0 Å². The van der Waals surface area contributed by atoms with Gasteiger partial charge in [-0.2, -0.15) is 5.10 Å². The molecule has 0 bridgehead atoms. The Morgan fingerprint density at radius 1 is 1.09 bits per heavy atom. The first-order valence-electron chi connectivity index (χ1n) is 12.7. The lowest BCUT2D eigenvalue weighted by Crippen LogP contribution is -2.56. The molecule has 8 atom stereocenters. The van der Waals surface area contributed by atoms with Crippen LogP contribution in [0.4, 0.5) is 0 Å². The van der Waals surface area contributed by atoms with Crippen LogP contribution in [0, 0.1) is 40.4 Å². The van der Waals surface area contributed by atoms with Crippen LogP contribution in [0.2, 0.25) is 0 Å². The first-order chi connectivity index (χ1) is 15.2. The highest BCUT2D eigenvalue weighted by Gasteiger charge is 2.62. The van der Waals surface area contributed by atoms with E-state index >= 15 is 0 Å². The number of aliphatic hydroxyl groups is 1. The number of fused-ring (bicyclic) bond motifs is 5. The minimum atomic E-state index is -0.646. The summed E-state index contributed by atoms with van der Waals surface area (Å²) in [7, 11) is 1.70. The zero-order valence-corrected chi connectivity index (χ0v) is 20.5. The van der Waals surface area contributed by atoms with Gasteiger partial charge in [0.05, 0.1) is 30.7 Å². The van der Waals surface area contributed by atoms with E-state index in [9.17, 15) is 9.90 Å². The summed E-state index contributed by atoms with van der Waals surface area (Å²) in [5.41, 5.74) is 0.488. The van der Waals surface area contributed by atoms with Crippen LogP contribution in [0.1, 0.15) is 78.6 Å². The lowest BCUT2D eigenvalue weighted by molar-refractivity contribution is -0.164. The van der Waals surface area contributed by atoms with Crippen LogP contribution >= 0.6 is 0 Å². The van der Waals surface area contributed by atoms with Crippen LogP contribution < -0.4 is 5.84 Å². The predicted octanol–water partition coefficient (Wildman–Crippen LogP) is 4.00. The summed E-state index contributed by atoms with van der Waals surface area (Å²) in [6.07, 6.45) is 11.3. The largest absolute Gasteiger partial charge is 0.387 e. The smallest absolute Gasteiger partial charge is 0.157 e. The number of carbonyl (C=O) groups is 1. The summed E-state index contributed by atoms with van der Waals surface area (Å²) in [6, 6.07) is 0. The standard InChI is InChI=1S/C26H43N3O3/c1-17(14-29-27)28-15-23(30)22-8-7-20-19-6-5-18-13-26(31,16-32-4)12-11-24(18,2)21(19)9-10-25(20,22)3/h14,18-22,31H,5-13,15-16,27H2,1-4H3/t18-,19-,20-,21-,22+,24-,25-,26+/m0/s1. The number of ketones is 1. The number of ether oxygens (including phenoxy) is 1. The molecule has 32 heavy (non-hydrogen) atoms. The molecule has 0 radical (unpaired) electrons. The van der Waals surface area contributed by atoms with Crippen molar-refractivity contribution in [3.8, 4) is 0 Å². The lowest BCUT2D eigenvalue weighted by atomic mass is 9.44. The van der Waals surface area contributed by atoms with E-state index in [0.29, 0.717) is 35.4 Å². The summed E-state index contributed by atoms with van der Waals surface area (Å²) < 4.78 is 5.35. The van der Waals surface area contributed by atoms with Crippen LogP contribution in [0.25, 0.3) is 0 Å². The molecule has 180 valence electrons. The molecule has 3 N–H and O–H groups in total. The lowest BCUT2D eigenvalue weighted by Gasteiger charge is -2.62. The zero-order valence-electron chi connectivity index (χ0n) is 20.5. The highest BCUT2D eigenvalue weighted by molar-refractivity contribution is 6.29. The van der Waals surface area contributed by atoms with Gasteiger partial charge in [0.25, 0.3) is 0 Å². The molecule has 4 aliphatic rings. The number of nitrogens with two attached hydrogens (primary N) is 1. The molecule has 6 heteroatoms. The van der Waals surface area contributed by atoms with Crippen LogP contribution in [-0.4, -0.2) is 48.7 Å².